The zero-order valence-corrected chi connectivity index (χ0v) is 18.4. The second kappa shape index (κ2) is 10.7. The molecule has 0 atom stereocenters. The zero-order valence-electron chi connectivity index (χ0n) is 17.7. The topological polar surface area (TPSA) is 88.9 Å². The van der Waals surface area contributed by atoms with E-state index in [4.69, 9.17) is 17.0 Å². The number of hydrogen-bond donors (Lipinski definition) is 2. The summed E-state index contributed by atoms with van der Waals surface area (Å²) in [5.74, 6) is -0.550. The number of hydrogen-bond acceptors (Lipinski definition) is 4. The quantitative estimate of drug-likeness (QED) is 0.482. The number of aliphatic imine (C=N–C) groups is 1. The third kappa shape index (κ3) is 6.44. The van der Waals surface area contributed by atoms with Crippen molar-refractivity contribution in [2.24, 2.45) is 4.99 Å². The largest absolute Gasteiger partial charge is 0.416 e. The minimum atomic E-state index is -4.54. The second-order valence-electron chi connectivity index (χ2n) is 7.57. The van der Waals surface area contributed by atoms with Crippen molar-refractivity contribution >= 4 is 41.3 Å². The molecule has 0 spiro atoms. The van der Waals surface area contributed by atoms with Crippen molar-refractivity contribution in [1.82, 2.24) is 10.2 Å². The van der Waals surface area contributed by atoms with E-state index < -0.39 is 17.8 Å². The van der Waals surface area contributed by atoms with Gasteiger partial charge in [-0.2, -0.15) is 13.2 Å². The van der Waals surface area contributed by atoms with Gasteiger partial charge < -0.3 is 10.2 Å². The van der Waals surface area contributed by atoms with Gasteiger partial charge in [-0.3, -0.25) is 15.2 Å². The third-order valence-electron chi connectivity index (χ3n) is 5.22. The molecule has 2 aliphatic heterocycles. The summed E-state index contributed by atoms with van der Waals surface area (Å²) < 4.78 is 38.9. The van der Waals surface area contributed by atoms with E-state index in [-0.39, 0.29) is 30.4 Å². The predicted molar refractivity (Wildman–Crippen MR) is 121 cm³/mol. The number of carbonyl (C=O) groups excluding carboxylic acids is 2. The Labute approximate surface area is 194 Å². The molecule has 0 aliphatic carbocycles. The van der Waals surface area contributed by atoms with Crippen LogP contribution in [0, 0.1) is 5.41 Å². The fourth-order valence-corrected chi connectivity index (χ4v) is 3.68. The van der Waals surface area contributed by atoms with Crippen LogP contribution in [0.1, 0.15) is 31.2 Å². The van der Waals surface area contributed by atoms with Crippen LogP contribution in [0.25, 0.3) is 0 Å². The average Bonchev–Trinajstić information content (AvgIpc) is 3.02. The van der Waals surface area contributed by atoms with E-state index in [2.05, 4.69) is 10.3 Å². The number of piperidine rings is 1. The molecule has 1 fully saturated rings. The molecule has 1 saturated heterocycles. The van der Waals surface area contributed by atoms with Gasteiger partial charge in [0, 0.05) is 42.5 Å². The van der Waals surface area contributed by atoms with Crippen LogP contribution in [0.5, 0.6) is 0 Å². The Morgan fingerprint density at radius 3 is 2.45 bits per heavy atom. The van der Waals surface area contributed by atoms with Crippen LogP contribution in [0.2, 0.25) is 0 Å². The minimum Gasteiger partial charge on any atom is -0.341 e. The van der Waals surface area contributed by atoms with Gasteiger partial charge in [-0.25, -0.2) is 9.69 Å². The van der Waals surface area contributed by atoms with Crippen LogP contribution in [-0.4, -0.2) is 48.5 Å². The lowest BCUT2D eigenvalue weighted by Gasteiger charge is -2.28. The number of halogens is 4. The van der Waals surface area contributed by atoms with Gasteiger partial charge in [-0.15, -0.1) is 0 Å². The fraction of sp³-hybridized carbons (Fsp3) is 0.364. The summed E-state index contributed by atoms with van der Waals surface area (Å²) in [6, 6.07) is 3.06. The SMILES string of the molecule is N=C(C1=CC=NC=C(Cl)C1)N(C(=O)NCC(=O)N1CCCCC1)c1ccc(C(F)(F)F)cc1. The zero-order chi connectivity index (χ0) is 24.0. The Balaban J connectivity index is 1.83. The van der Waals surface area contributed by atoms with E-state index in [0.29, 0.717) is 23.7 Å². The second-order valence-corrected chi connectivity index (χ2v) is 8.06. The molecule has 1 aromatic rings. The summed E-state index contributed by atoms with van der Waals surface area (Å²) in [4.78, 5) is 32.0. The van der Waals surface area contributed by atoms with Crippen molar-refractivity contribution in [3.05, 3.63) is 52.7 Å². The Morgan fingerprint density at radius 1 is 1.15 bits per heavy atom. The summed E-state index contributed by atoms with van der Waals surface area (Å²) in [6.07, 6.45) is 2.70. The summed E-state index contributed by atoms with van der Waals surface area (Å²) in [5, 5.41) is 11.4. The van der Waals surface area contributed by atoms with Crippen molar-refractivity contribution in [2.45, 2.75) is 31.9 Å². The Hall–Kier alpha value is -3.14. The molecule has 7 nitrogen and oxygen atoms in total. The standard InChI is InChI=1S/C22H23ClF3N5O2/c23-17-12-15(8-9-28-13-17)20(27)31(18-6-4-16(5-7-18)22(24,25)26)21(33)29-14-19(32)30-10-2-1-3-11-30/h4-9,13,27H,1-3,10-12,14H2,(H,29,33). The van der Waals surface area contributed by atoms with Crippen LogP contribution in [0.3, 0.4) is 0 Å². The number of urea groups is 1. The van der Waals surface area contributed by atoms with Gasteiger partial charge in [-0.05, 0) is 49.6 Å². The molecule has 176 valence electrons. The molecule has 33 heavy (non-hydrogen) atoms. The highest BCUT2D eigenvalue weighted by Crippen LogP contribution is 2.31. The maximum absolute atomic E-state index is 13.0. The van der Waals surface area contributed by atoms with Gasteiger partial charge in [0.25, 0.3) is 0 Å². The van der Waals surface area contributed by atoms with Crippen molar-refractivity contribution in [3.8, 4) is 0 Å². The normalized spacial score (nSPS) is 16.4. The first-order valence-electron chi connectivity index (χ1n) is 10.4. The molecule has 11 heteroatoms. The summed E-state index contributed by atoms with van der Waals surface area (Å²) in [7, 11) is 0. The number of benzene rings is 1. The molecule has 0 bridgehead atoms. The lowest BCUT2D eigenvalue weighted by atomic mass is 10.1. The first-order valence-corrected chi connectivity index (χ1v) is 10.7. The molecule has 3 rings (SSSR count). The smallest absolute Gasteiger partial charge is 0.341 e. The van der Waals surface area contributed by atoms with Gasteiger partial charge in [0.1, 0.15) is 5.84 Å². The molecule has 2 aliphatic rings. The van der Waals surface area contributed by atoms with E-state index in [0.717, 1.165) is 48.4 Å². The highest BCUT2D eigenvalue weighted by Gasteiger charge is 2.31. The molecule has 0 radical (unpaired) electrons. The van der Waals surface area contributed by atoms with Gasteiger partial charge >= 0.3 is 12.2 Å². The number of carbonyl (C=O) groups is 2. The highest BCUT2D eigenvalue weighted by molar-refractivity contribution is 6.31. The molecule has 2 heterocycles. The van der Waals surface area contributed by atoms with E-state index in [1.54, 1.807) is 4.90 Å². The van der Waals surface area contributed by atoms with Crippen LogP contribution < -0.4 is 10.2 Å². The lowest BCUT2D eigenvalue weighted by Crippen LogP contribution is -2.49. The Kier molecular flexibility index (Phi) is 7.91. The molecule has 1 aromatic carbocycles. The number of alkyl halides is 3. The van der Waals surface area contributed by atoms with Crippen molar-refractivity contribution < 1.29 is 22.8 Å². The van der Waals surface area contributed by atoms with E-state index in [1.165, 1.54) is 18.5 Å². The van der Waals surface area contributed by atoms with E-state index in [1.807, 2.05) is 0 Å². The Morgan fingerprint density at radius 2 is 1.82 bits per heavy atom. The first kappa shape index (κ1) is 24.5. The van der Waals surface area contributed by atoms with E-state index in [9.17, 15) is 22.8 Å². The van der Waals surface area contributed by atoms with Crippen molar-refractivity contribution in [3.63, 3.8) is 0 Å². The van der Waals surface area contributed by atoms with Gasteiger partial charge in [-0.1, -0.05) is 11.6 Å². The van der Waals surface area contributed by atoms with Crippen LogP contribution in [0.15, 0.2) is 52.1 Å². The minimum absolute atomic E-state index is 0.0399. The summed E-state index contributed by atoms with van der Waals surface area (Å²) >= 11 is 6.07. The first-order chi connectivity index (χ1) is 15.7. The van der Waals surface area contributed by atoms with E-state index >= 15 is 0 Å². The molecular formula is C22H23ClF3N5O2. The van der Waals surface area contributed by atoms with Gasteiger partial charge in [0.05, 0.1) is 17.8 Å². The maximum atomic E-state index is 13.0. The molecule has 0 aromatic heterocycles. The number of nitrogens with one attached hydrogen (secondary N) is 2. The van der Waals surface area contributed by atoms with Gasteiger partial charge in [0.2, 0.25) is 5.91 Å². The summed E-state index contributed by atoms with van der Waals surface area (Å²) in [5.41, 5.74) is -0.516. The number of anilines is 1. The average molecular weight is 482 g/mol. The molecular weight excluding hydrogens is 459 g/mol. The number of rotatable bonds is 4. The molecule has 3 amide bonds. The number of nitrogens with zero attached hydrogens (tertiary/aromatic N) is 3. The predicted octanol–water partition coefficient (Wildman–Crippen LogP) is 4.69. The van der Waals surface area contributed by atoms with Crippen LogP contribution >= 0.6 is 11.6 Å². The van der Waals surface area contributed by atoms with Crippen molar-refractivity contribution in [1.29, 1.82) is 5.41 Å². The third-order valence-corrected chi connectivity index (χ3v) is 5.45. The maximum Gasteiger partial charge on any atom is 0.416 e. The number of allylic oxidation sites excluding steroid dienone is 2. The number of amides is 3. The fourth-order valence-electron chi connectivity index (χ4n) is 3.48. The van der Waals surface area contributed by atoms with Gasteiger partial charge in [0.15, 0.2) is 0 Å². The number of amidine groups is 1. The molecule has 0 unspecified atom stereocenters. The highest BCUT2D eigenvalue weighted by atomic mass is 35.5. The molecule has 0 saturated carbocycles. The lowest BCUT2D eigenvalue weighted by molar-refractivity contribution is -0.137. The Bertz CT molecular complexity index is 996. The number of likely N-dealkylation sites (tertiary alicyclic amines) is 1. The summed E-state index contributed by atoms with van der Waals surface area (Å²) in [6.45, 7) is 0.943. The molecule has 2 N–H and O–H groups in total. The monoisotopic (exact) mass is 481 g/mol. The van der Waals surface area contributed by atoms with Crippen LogP contribution in [-0.2, 0) is 11.0 Å². The van der Waals surface area contributed by atoms with Crippen molar-refractivity contribution in [2.75, 3.05) is 24.5 Å². The van der Waals surface area contributed by atoms with Crippen LogP contribution in [0.4, 0.5) is 23.7 Å².